The molecule has 0 fully saturated rings. The summed E-state index contributed by atoms with van der Waals surface area (Å²) in [6, 6.07) is 12.6. The van der Waals surface area contributed by atoms with Gasteiger partial charge in [-0.1, -0.05) is 29.8 Å². The number of benzene rings is 2. The van der Waals surface area contributed by atoms with Crippen LogP contribution in [0.4, 0.5) is 5.69 Å². The fraction of sp³-hybridized carbons (Fsp3) is 0.316. The van der Waals surface area contributed by atoms with Gasteiger partial charge in [0.25, 0.3) is 0 Å². The van der Waals surface area contributed by atoms with Crippen LogP contribution in [0.3, 0.4) is 0 Å². The number of amides is 1. The third-order valence-electron chi connectivity index (χ3n) is 3.72. The molecule has 27 heavy (non-hydrogen) atoms. The Labute approximate surface area is 164 Å². The summed E-state index contributed by atoms with van der Waals surface area (Å²) in [6.07, 6.45) is 0. The highest BCUT2D eigenvalue weighted by atomic mass is 32.2. The monoisotopic (exact) mass is 408 g/mol. The van der Waals surface area contributed by atoms with Crippen molar-refractivity contribution in [3.8, 4) is 5.75 Å². The van der Waals surface area contributed by atoms with E-state index < -0.39 is 10.0 Å². The summed E-state index contributed by atoms with van der Waals surface area (Å²) in [7, 11) is -2.22. The molecule has 0 aliphatic rings. The van der Waals surface area contributed by atoms with Gasteiger partial charge in [-0.15, -0.1) is 0 Å². The number of thioether (sulfide) groups is 1. The van der Waals surface area contributed by atoms with E-state index in [-0.39, 0.29) is 10.8 Å². The molecule has 0 saturated heterocycles. The van der Waals surface area contributed by atoms with Gasteiger partial charge in [0, 0.05) is 31.0 Å². The van der Waals surface area contributed by atoms with Crippen LogP contribution in [0.5, 0.6) is 5.75 Å². The first-order chi connectivity index (χ1) is 12.8. The largest absolute Gasteiger partial charge is 0.495 e. The molecule has 0 spiro atoms. The van der Waals surface area contributed by atoms with Crippen molar-refractivity contribution in [3.05, 3.63) is 53.6 Å². The normalized spacial score (nSPS) is 11.2. The zero-order chi connectivity index (χ0) is 19.9. The van der Waals surface area contributed by atoms with Gasteiger partial charge in [0.05, 0.1) is 17.7 Å². The van der Waals surface area contributed by atoms with E-state index in [1.807, 2.05) is 6.92 Å². The van der Waals surface area contributed by atoms with Gasteiger partial charge >= 0.3 is 0 Å². The van der Waals surface area contributed by atoms with Crippen LogP contribution in [0.15, 0.2) is 47.4 Å². The van der Waals surface area contributed by atoms with E-state index >= 15 is 0 Å². The SMILES string of the molecule is COc1cc(S(=O)(=O)NCCSCc2ccc(C)cc2)ccc1NC(C)=O. The van der Waals surface area contributed by atoms with E-state index in [2.05, 4.69) is 34.3 Å². The molecule has 2 aromatic carbocycles. The predicted octanol–water partition coefficient (Wildman–Crippen LogP) is 3.17. The van der Waals surface area contributed by atoms with Crippen LogP contribution in [0.1, 0.15) is 18.1 Å². The second kappa shape index (κ2) is 9.77. The fourth-order valence-corrected chi connectivity index (χ4v) is 4.33. The lowest BCUT2D eigenvalue weighted by Crippen LogP contribution is -2.26. The molecule has 2 rings (SSSR count). The Morgan fingerprint density at radius 3 is 2.48 bits per heavy atom. The van der Waals surface area contributed by atoms with Crippen molar-refractivity contribution in [2.45, 2.75) is 24.5 Å². The number of nitrogens with one attached hydrogen (secondary N) is 2. The van der Waals surface area contributed by atoms with E-state index in [9.17, 15) is 13.2 Å². The van der Waals surface area contributed by atoms with Gasteiger partial charge in [-0.2, -0.15) is 11.8 Å². The van der Waals surface area contributed by atoms with Crippen molar-refractivity contribution in [2.24, 2.45) is 0 Å². The highest BCUT2D eigenvalue weighted by molar-refractivity contribution is 7.98. The summed E-state index contributed by atoms with van der Waals surface area (Å²) < 4.78 is 32.6. The fourth-order valence-electron chi connectivity index (χ4n) is 2.34. The zero-order valence-electron chi connectivity index (χ0n) is 15.6. The molecule has 8 heteroatoms. The Balaban J connectivity index is 1.90. The number of rotatable bonds is 9. The second-order valence-corrected chi connectivity index (χ2v) is 8.85. The van der Waals surface area contributed by atoms with Crippen LogP contribution in [0, 0.1) is 6.92 Å². The molecule has 0 atom stereocenters. The molecular formula is C19H24N2O4S2. The summed E-state index contributed by atoms with van der Waals surface area (Å²) in [5.41, 5.74) is 2.86. The van der Waals surface area contributed by atoms with E-state index in [4.69, 9.17) is 4.74 Å². The molecule has 0 aromatic heterocycles. The van der Waals surface area contributed by atoms with Gasteiger partial charge < -0.3 is 10.1 Å². The van der Waals surface area contributed by atoms with E-state index in [0.29, 0.717) is 23.7 Å². The van der Waals surface area contributed by atoms with Crippen LogP contribution < -0.4 is 14.8 Å². The zero-order valence-corrected chi connectivity index (χ0v) is 17.2. The van der Waals surface area contributed by atoms with Gasteiger partial charge in [0.2, 0.25) is 15.9 Å². The van der Waals surface area contributed by atoms with E-state index in [0.717, 1.165) is 5.75 Å². The maximum Gasteiger partial charge on any atom is 0.240 e. The van der Waals surface area contributed by atoms with Crippen LogP contribution in [-0.4, -0.2) is 33.7 Å². The molecule has 0 unspecified atom stereocenters. The number of hydrogen-bond acceptors (Lipinski definition) is 5. The molecular weight excluding hydrogens is 384 g/mol. The van der Waals surface area contributed by atoms with Gasteiger partial charge in [-0.25, -0.2) is 13.1 Å². The molecule has 146 valence electrons. The van der Waals surface area contributed by atoms with Crippen LogP contribution in [0.25, 0.3) is 0 Å². The summed E-state index contributed by atoms with van der Waals surface area (Å²) in [4.78, 5) is 11.3. The molecule has 0 radical (unpaired) electrons. The second-order valence-electron chi connectivity index (χ2n) is 5.98. The first kappa shape index (κ1) is 21.3. The molecule has 2 N–H and O–H groups in total. The molecule has 1 amide bonds. The first-order valence-electron chi connectivity index (χ1n) is 8.40. The minimum atomic E-state index is -3.64. The first-order valence-corrected chi connectivity index (χ1v) is 11.0. The lowest BCUT2D eigenvalue weighted by Gasteiger charge is -2.12. The Morgan fingerprint density at radius 2 is 1.85 bits per heavy atom. The van der Waals surface area contributed by atoms with Gasteiger partial charge in [0.1, 0.15) is 5.75 Å². The Kier molecular flexibility index (Phi) is 7.70. The summed E-state index contributed by atoms with van der Waals surface area (Å²) in [6.45, 7) is 3.75. The quantitative estimate of drug-likeness (QED) is 0.623. The summed E-state index contributed by atoms with van der Waals surface area (Å²) in [5.74, 6) is 1.53. The maximum atomic E-state index is 12.4. The van der Waals surface area contributed by atoms with Crippen molar-refractivity contribution in [3.63, 3.8) is 0 Å². The lowest BCUT2D eigenvalue weighted by molar-refractivity contribution is -0.114. The molecule has 0 aliphatic heterocycles. The summed E-state index contributed by atoms with van der Waals surface area (Å²) >= 11 is 1.67. The predicted molar refractivity (Wildman–Crippen MR) is 110 cm³/mol. The number of sulfonamides is 1. The number of aryl methyl sites for hydroxylation is 1. The van der Waals surface area contributed by atoms with Crippen molar-refractivity contribution in [1.29, 1.82) is 0 Å². The Morgan fingerprint density at radius 1 is 1.15 bits per heavy atom. The third-order valence-corrected chi connectivity index (χ3v) is 6.21. The molecule has 2 aromatic rings. The van der Waals surface area contributed by atoms with Crippen LogP contribution in [0.2, 0.25) is 0 Å². The van der Waals surface area contributed by atoms with Crippen molar-refractivity contribution in [1.82, 2.24) is 4.72 Å². The molecule has 0 aliphatic carbocycles. The lowest BCUT2D eigenvalue weighted by atomic mass is 10.2. The van der Waals surface area contributed by atoms with Crippen molar-refractivity contribution in [2.75, 3.05) is 24.7 Å². The number of carbonyl (C=O) groups excluding carboxylic acids is 1. The van der Waals surface area contributed by atoms with Crippen LogP contribution >= 0.6 is 11.8 Å². The number of ether oxygens (including phenoxy) is 1. The highest BCUT2D eigenvalue weighted by Crippen LogP contribution is 2.27. The molecule has 6 nitrogen and oxygen atoms in total. The minimum Gasteiger partial charge on any atom is -0.495 e. The number of anilines is 1. The van der Waals surface area contributed by atoms with Crippen molar-refractivity contribution >= 4 is 33.4 Å². The molecule has 0 saturated carbocycles. The van der Waals surface area contributed by atoms with E-state index in [1.54, 1.807) is 11.8 Å². The number of methoxy groups -OCH3 is 1. The average molecular weight is 409 g/mol. The number of carbonyl (C=O) groups is 1. The average Bonchev–Trinajstić information content (AvgIpc) is 2.62. The van der Waals surface area contributed by atoms with Crippen LogP contribution in [-0.2, 0) is 20.6 Å². The van der Waals surface area contributed by atoms with Gasteiger partial charge in [-0.3, -0.25) is 4.79 Å². The maximum absolute atomic E-state index is 12.4. The van der Waals surface area contributed by atoms with Gasteiger partial charge in [0.15, 0.2) is 0 Å². The summed E-state index contributed by atoms with van der Waals surface area (Å²) in [5, 5.41) is 2.60. The third kappa shape index (κ3) is 6.57. The Hall–Kier alpha value is -2.03. The van der Waals surface area contributed by atoms with E-state index in [1.165, 1.54) is 43.4 Å². The molecule has 0 heterocycles. The standard InChI is InChI=1S/C19H24N2O4S2/c1-14-4-6-16(7-5-14)13-26-11-10-20-27(23,24)17-8-9-18(21-15(2)22)19(12-17)25-3/h4-9,12,20H,10-11,13H2,1-3H3,(H,21,22). The Bertz CT molecular complexity index is 881. The van der Waals surface area contributed by atoms with Gasteiger partial charge in [-0.05, 0) is 24.6 Å². The molecule has 0 bridgehead atoms. The topological polar surface area (TPSA) is 84.5 Å². The smallest absolute Gasteiger partial charge is 0.240 e. The minimum absolute atomic E-state index is 0.0944. The number of hydrogen-bond donors (Lipinski definition) is 2. The highest BCUT2D eigenvalue weighted by Gasteiger charge is 2.16. The van der Waals surface area contributed by atoms with Crippen molar-refractivity contribution < 1.29 is 17.9 Å².